The molecule has 6 nitrogen and oxygen atoms in total. The van der Waals surface area contributed by atoms with E-state index in [4.69, 9.17) is 14.2 Å². The summed E-state index contributed by atoms with van der Waals surface area (Å²) >= 11 is 0. The molecule has 0 fully saturated rings. The molecule has 1 atom stereocenters. The maximum atomic E-state index is 6.13. The maximum absolute atomic E-state index is 6.13. The van der Waals surface area contributed by atoms with Gasteiger partial charge in [0.2, 0.25) is 0 Å². The molecule has 1 N–H and O–H groups in total. The van der Waals surface area contributed by atoms with Crippen LogP contribution in [0.4, 0.5) is 0 Å². The lowest BCUT2D eigenvalue weighted by molar-refractivity contribution is 0.283. The number of methoxy groups -OCH3 is 2. The zero-order chi connectivity index (χ0) is 23.5. The van der Waals surface area contributed by atoms with Crippen molar-refractivity contribution in [1.29, 1.82) is 0 Å². The number of nitrogens with zero attached hydrogens (tertiary/aromatic N) is 2. The normalized spacial score (nSPS) is 15.4. The zero-order valence-corrected chi connectivity index (χ0v) is 19.7. The second-order valence-electron chi connectivity index (χ2n) is 8.46. The van der Waals surface area contributed by atoms with Gasteiger partial charge in [0.25, 0.3) is 0 Å². The Labute approximate surface area is 199 Å². The molecule has 4 aromatic rings. The second-order valence-corrected chi connectivity index (χ2v) is 8.46. The highest BCUT2D eigenvalue weighted by Gasteiger charge is 2.21. The Balaban J connectivity index is 1.42. The van der Waals surface area contributed by atoms with Gasteiger partial charge >= 0.3 is 0 Å². The Kier molecular flexibility index (Phi) is 6.23. The Morgan fingerprint density at radius 2 is 1.94 bits per heavy atom. The third kappa shape index (κ3) is 4.37. The van der Waals surface area contributed by atoms with Crippen LogP contribution < -0.4 is 19.5 Å². The van der Waals surface area contributed by atoms with Crippen molar-refractivity contribution in [3.05, 3.63) is 89.3 Å². The average molecular weight is 456 g/mol. The summed E-state index contributed by atoms with van der Waals surface area (Å²) in [5.41, 5.74) is 5.65. The highest BCUT2D eigenvalue weighted by atomic mass is 16.5. The van der Waals surface area contributed by atoms with Crippen molar-refractivity contribution in [3.8, 4) is 17.2 Å². The molecule has 2 aromatic carbocycles. The van der Waals surface area contributed by atoms with Crippen LogP contribution in [0, 0.1) is 0 Å². The summed E-state index contributed by atoms with van der Waals surface area (Å²) in [5.74, 6) is 2.28. The molecule has 0 aliphatic carbocycles. The molecule has 0 saturated heterocycles. The zero-order valence-electron chi connectivity index (χ0n) is 19.7. The molecule has 3 heterocycles. The lowest BCUT2D eigenvalue weighted by Gasteiger charge is -2.26. The van der Waals surface area contributed by atoms with E-state index < -0.39 is 0 Å². The number of rotatable bonds is 7. The largest absolute Gasteiger partial charge is 0.495 e. The van der Waals surface area contributed by atoms with Crippen LogP contribution in [0.15, 0.2) is 67.0 Å². The minimum absolute atomic E-state index is 0.0784. The van der Waals surface area contributed by atoms with Crippen molar-refractivity contribution in [2.45, 2.75) is 19.1 Å². The van der Waals surface area contributed by atoms with Crippen LogP contribution in [-0.2, 0) is 20.1 Å². The molecule has 6 heteroatoms. The average Bonchev–Trinajstić information content (AvgIpc) is 3.20. The Bertz CT molecular complexity index is 1330. The molecule has 2 aromatic heterocycles. The third-order valence-corrected chi connectivity index (χ3v) is 6.28. The number of aromatic nitrogens is 2. The Hall–Kier alpha value is -3.77. The summed E-state index contributed by atoms with van der Waals surface area (Å²) in [5, 5.41) is 4.69. The number of benzene rings is 2. The van der Waals surface area contributed by atoms with E-state index in [9.17, 15) is 0 Å². The first kappa shape index (κ1) is 22.0. The van der Waals surface area contributed by atoms with Gasteiger partial charge in [-0.3, -0.25) is 0 Å². The molecule has 1 aliphatic heterocycles. The van der Waals surface area contributed by atoms with Gasteiger partial charge in [0.1, 0.15) is 18.0 Å². The summed E-state index contributed by atoms with van der Waals surface area (Å²) in [7, 11) is 5.36. The van der Waals surface area contributed by atoms with Crippen LogP contribution in [0.5, 0.6) is 17.2 Å². The summed E-state index contributed by atoms with van der Waals surface area (Å²) < 4.78 is 19.2. The van der Waals surface area contributed by atoms with Gasteiger partial charge in [-0.1, -0.05) is 42.5 Å². The highest BCUT2D eigenvalue weighted by Crippen LogP contribution is 2.36. The first-order valence-electron chi connectivity index (χ1n) is 11.4. The van der Waals surface area contributed by atoms with E-state index in [1.165, 1.54) is 11.1 Å². The van der Waals surface area contributed by atoms with Gasteiger partial charge in [-0.2, -0.15) is 0 Å². The molecular formula is C28H29N3O3. The molecule has 0 bridgehead atoms. The molecular weight excluding hydrogens is 426 g/mol. The topological polar surface area (TPSA) is 57.5 Å². The van der Waals surface area contributed by atoms with E-state index in [2.05, 4.69) is 52.9 Å². The van der Waals surface area contributed by atoms with E-state index >= 15 is 0 Å². The summed E-state index contributed by atoms with van der Waals surface area (Å²) in [6, 6.07) is 16.5. The predicted molar refractivity (Wildman–Crippen MR) is 135 cm³/mol. The second kappa shape index (κ2) is 9.61. The molecule has 5 rings (SSSR count). The van der Waals surface area contributed by atoms with Crippen LogP contribution in [0.25, 0.3) is 17.1 Å². The molecule has 0 radical (unpaired) electrons. The van der Waals surface area contributed by atoms with E-state index in [1.807, 2.05) is 35.9 Å². The van der Waals surface area contributed by atoms with Crippen LogP contribution in [0.3, 0.4) is 0 Å². The fraction of sp³-hybridized carbons (Fsp3) is 0.250. The van der Waals surface area contributed by atoms with E-state index in [1.54, 1.807) is 20.4 Å². The summed E-state index contributed by atoms with van der Waals surface area (Å²) in [4.78, 5) is 4.53. The van der Waals surface area contributed by atoms with Crippen LogP contribution in [0.1, 0.15) is 28.3 Å². The molecule has 0 amide bonds. The fourth-order valence-electron chi connectivity index (χ4n) is 4.49. The smallest absolute Gasteiger partial charge is 0.161 e. The lowest BCUT2D eigenvalue weighted by Crippen LogP contribution is -2.28. The Morgan fingerprint density at radius 1 is 1.09 bits per heavy atom. The summed E-state index contributed by atoms with van der Waals surface area (Å²) in [6.45, 7) is 1.41. The molecule has 0 spiro atoms. The van der Waals surface area contributed by atoms with E-state index in [0.29, 0.717) is 6.61 Å². The van der Waals surface area contributed by atoms with Gasteiger partial charge in [-0.05, 0) is 41.3 Å². The number of nitrogens with one attached hydrogen (secondary N) is 1. The number of fused-ring (bicyclic) bond motifs is 2. The standard InChI is InChI=1S/C28H29N3O3/c1-31-17-21(24-14-22(32-2)16-30-28(24)31)9-10-25-23-15-26(33-3)27(13-20(23)11-12-29-25)34-18-19-7-5-4-6-8-19/h4-10,13-17,25,29H,11-12,18H2,1-3H3/b10-9+. The van der Waals surface area contributed by atoms with Crippen LogP contribution in [-0.4, -0.2) is 30.3 Å². The quantitative estimate of drug-likeness (QED) is 0.422. The molecule has 1 unspecified atom stereocenters. The van der Waals surface area contributed by atoms with E-state index in [-0.39, 0.29) is 6.04 Å². The van der Waals surface area contributed by atoms with Gasteiger partial charge in [-0.25, -0.2) is 4.98 Å². The van der Waals surface area contributed by atoms with Gasteiger partial charge < -0.3 is 24.1 Å². The van der Waals surface area contributed by atoms with Crippen molar-refractivity contribution >= 4 is 17.1 Å². The molecule has 1 aliphatic rings. The van der Waals surface area contributed by atoms with Gasteiger partial charge in [0.05, 0.1) is 26.5 Å². The molecule has 0 saturated carbocycles. The molecule has 34 heavy (non-hydrogen) atoms. The first-order chi connectivity index (χ1) is 16.7. The van der Waals surface area contributed by atoms with Crippen molar-refractivity contribution in [2.24, 2.45) is 7.05 Å². The number of pyridine rings is 1. The monoisotopic (exact) mass is 455 g/mol. The third-order valence-electron chi connectivity index (χ3n) is 6.28. The van der Waals surface area contributed by atoms with Crippen molar-refractivity contribution in [3.63, 3.8) is 0 Å². The van der Waals surface area contributed by atoms with Gasteiger partial charge in [0.15, 0.2) is 11.5 Å². The first-order valence-corrected chi connectivity index (χ1v) is 11.4. The lowest BCUT2D eigenvalue weighted by atomic mass is 9.93. The van der Waals surface area contributed by atoms with Gasteiger partial charge in [-0.15, -0.1) is 0 Å². The molecule has 174 valence electrons. The van der Waals surface area contributed by atoms with E-state index in [0.717, 1.165) is 52.4 Å². The summed E-state index contributed by atoms with van der Waals surface area (Å²) in [6.07, 6.45) is 9.15. The number of aryl methyl sites for hydroxylation is 1. The SMILES string of the molecule is COc1cnc2c(c1)c(/C=C/C1NCCc3cc(OCc4ccccc4)c(OC)cc31)cn2C. The van der Waals surface area contributed by atoms with Crippen molar-refractivity contribution in [1.82, 2.24) is 14.9 Å². The Morgan fingerprint density at radius 3 is 2.74 bits per heavy atom. The predicted octanol–water partition coefficient (Wildman–Crippen LogP) is 5.07. The fourth-order valence-corrected chi connectivity index (χ4v) is 4.49. The van der Waals surface area contributed by atoms with Gasteiger partial charge in [0, 0.05) is 30.7 Å². The number of hydrogen-bond acceptors (Lipinski definition) is 5. The minimum Gasteiger partial charge on any atom is -0.495 e. The maximum Gasteiger partial charge on any atom is 0.161 e. The minimum atomic E-state index is 0.0784. The van der Waals surface area contributed by atoms with Crippen LogP contribution >= 0.6 is 0 Å². The number of ether oxygens (including phenoxy) is 3. The number of hydrogen-bond donors (Lipinski definition) is 1. The highest BCUT2D eigenvalue weighted by molar-refractivity contribution is 5.87. The van der Waals surface area contributed by atoms with Crippen molar-refractivity contribution < 1.29 is 14.2 Å². The van der Waals surface area contributed by atoms with Crippen molar-refractivity contribution in [2.75, 3.05) is 20.8 Å². The van der Waals surface area contributed by atoms with Crippen LogP contribution in [0.2, 0.25) is 0 Å².